The first kappa shape index (κ1) is 25.0. The van der Waals surface area contributed by atoms with Gasteiger partial charge in [-0.25, -0.2) is 4.79 Å². The zero-order valence-corrected chi connectivity index (χ0v) is 21.8. The maximum Gasteiger partial charge on any atom is 0.338 e. The van der Waals surface area contributed by atoms with Gasteiger partial charge in [0.15, 0.2) is 0 Å². The van der Waals surface area contributed by atoms with Crippen LogP contribution in [0.2, 0.25) is 0 Å². The fourth-order valence-corrected chi connectivity index (χ4v) is 5.06. The highest BCUT2D eigenvalue weighted by Crippen LogP contribution is 2.40. The van der Waals surface area contributed by atoms with Gasteiger partial charge in [0.2, 0.25) is 0 Å². The summed E-state index contributed by atoms with van der Waals surface area (Å²) in [6.07, 6.45) is 1.19. The topological polar surface area (TPSA) is 49.8 Å². The Morgan fingerprint density at radius 2 is 1.63 bits per heavy atom. The minimum absolute atomic E-state index is 0.0670. The maximum atomic E-state index is 12.2. The molecule has 2 unspecified atom stereocenters. The van der Waals surface area contributed by atoms with Crippen molar-refractivity contribution >= 4 is 11.7 Å². The Hall–Kier alpha value is -3.11. The second-order valence-corrected chi connectivity index (χ2v) is 11.2. The van der Waals surface area contributed by atoms with E-state index in [2.05, 4.69) is 76.0 Å². The molecule has 4 heteroatoms. The quantitative estimate of drug-likeness (QED) is 0.398. The Bertz CT molecular complexity index is 1190. The van der Waals surface area contributed by atoms with Crippen molar-refractivity contribution in [1.82, 2.24) is 0 Å². The van der Waals surface area contributed by atoms with E-state index in [0.717, 1.165) is 27.9 Å². The fourth-order valence-electron chi connectivity index (χ4n) is 5.06. The highest BCUT2D eigenvalue weighted by molar-refractivity contribution is 5.98. The fraction of sp³-hybridized carbons (Fsp3) is 0.387. The smallest absolute Gasteiger partial charge is 0.338 e. The molecule has 0 aliphatic carbocycles. The van der Waals surface area contributed by atoms with Gasteiger partial charge in [-0.2, -0.15) is 0 Å². The highest BCUT2D eigenvalue weighted by Gasteiger charge is 2.30. The molecule has 1 heterocycles. The first-order valence-electron chi connectivity index (χ1n) is 12.4. The van der Waals surface area contributed by atoms with E-state index in [1.807, 2.05) is 37.3 Å². The molecule has 35 heavy (non-hydrogen) atoms. The molecule has 184 valence electrons. The summed E-state index contributed by atoms with van der Waals surface area (Å²) in [6, 6.07) is 22.7. The van der Waals surface area contributed by atoms with Crippen LogP contribution in [0.5, 0.6) is 0 Å². The molecule has 1 N–H and O–H groups in total. The number of aliphatic hydroxyl groups is 1. The summed E-state index contributed by atoms with van der Waals surface area (Å²) in [5.74, 6) is -0.264. The number of nitrogens with zero attached hydrogens (tertiary/aromatic N) is 1. The van der Waals surface area contributed by atoms with Crippen molar-refractivity contribution in [3.05, 3.63) is 89.0 Å². The van der Waals surface area contributed by atoms with Crippen LogP contribution in [0.1, 0.15) is 68.1 Å². The Morgan fingerprint density at radius 3 is 2.26 bits per heavy atom. The van der Waals surface area contributed by atoms with Crippen LogP contribution in [0, 0.1) is 0 Å². The number of fused-ring (bicyclic) bond motifs is 1. The second-order valence-electron chi connectivity index (χ2n) is 11.2. The van der Waals surface area contributed by atoms with E-state index in [9.17, 15) is 9.90 Å². The van der Waals surface area contributed by atoms with Gasteiger partial charge >= 0.3 is 5.97 Å². The van der Waals surface area contributed by atoms with Gasteiger partial charge in [-0.05, 0) is 54.5 Å². The molecule has 4 nitrogen and oxygen atoms in total. The zero-order chi connectivity index (χ0) is 25.4. The Labute approximate surface area is 209 Å². The van der Waals surface area contributed by atoms with Crippen LogP contribution >= 0.6 is 0 Å². The molecule has 3 aromatic rings. The van der Waals surface area contributed by atoms with Crippen molar-refractivity contribution in [3.63, 3.8) is 0 Å². The molecule has 0 spiro atoms. The van der Waals surface area contributed by atoms with Crippen molar-refractivity contribution in [1.29, 1.82) is 0 Å². The normalized spacial score (nSPS) is 15.8. The molecular formula is C31H37NO3. The monoisotopic (exact) mass is 471 g/mol. The number of carbonyl (C=O) groups is 1. The van der Waals surface area contributed by atoms with Gasteiger partial charge in [0.1, 0.15) is 6.61 Å². The van der Waals surface area contributed by atoms with Crippen LogP contribution < -0.4 is 4.90 Å². The van der Waals surface area contributed by atoms with E-state index in [-0.39, 0.29) is 24.0 Å². The number of hydrogen-bond donors (Lipinski definition) is 1. The molecule has 0 radical (unpaired) electrons. The number of cyclic esters (lactones) is 1. The minimum Gasteiger partial charge on any atom is -0.457 e. The molecule has 1 aliphatic heterocycles. The predicted molar refractivity (Wildman–Crippen MR) is 143 cm³/mol. The average Bonchev–Trinajstić information content (AvgIpc) is 3.18. The molecule has 2 atom stereocenters. The number of benzene rings is 3. The number of carbonyl (C=O) groups excluding carboxylic acids is 1. The largest absolute Gasteiger partial charge is 0.457 e. The third-order valence-corrected chi connectivity index (χ3v) is 7.10. The van der Waals surface area contributed by atoms with Crippen LogP contribution in [0.3, 0.4) is 0 Å². The third-order valence-electron chi connectivity index (χ3n) is 7.10. The number of anilines is 1. The lowest BCUT2D eigenvalue weighted by molar-refractivity contribution is 0.0454. The summed E-state index contributed by atoms with van der Waals surface area (Å²) in [6.45, 7) is 11.0. The molecule has 0 amide bonds. The number of hydrogen-bond acceptors (Lipinski definition) is 4. The van der Waals surface area contributed by atoms with Crippen LogP contribution in [-0.4, -0.2) is 29.8 Å². The second kappa shape index (κ2) is 9.50. The van der Waals surface area contributed by atoms with Crippen molar-refractivity contribution < 1.29 is 14.6 Å². The minimum atomic E-state index is -0.861. The van der Waals surface area contributed by atoms with Crippen molar-refractivity contribution in [3.8, 4) is 11.1 Å². The molecular weight excluding hydrogens is 434 g/mol. The third kappa shape index (κ3) is 5.43. The van der Waals surface area contributed by atoms with Crippen LogP contribution in [0.25, 0.3) is 11.1 Å². The molecule has 0 saturated carbocycles. The molecule has 0 fully saturated rings. The van der Waals surface area contributed by atoms with E-state index in [1.165, 1.54) is 5.56 Å². The van der Waals surface area contributed by atoms with Gasteiger partial charge in [0, 0.05) is 36.3 Å². The summed E-state index contributed by atoms with van der Waals surface area (Å²) in [7, 11) is 2.06. The van der Waals surface area contributed by atoms with Gasteiger partial charge < -0.3 is 14.7 Å². The Balaban J connectivity index is 1.57. The van der Waals surface area contributed by atoms with Crippen LogP contribution in [0.15, 0.2) is 66.7 Å². The summed E-state index contributed by atoms with van der Waals surface area (Å²) in [5, 5.41) is 11.3. The lowest BCUT2D eigenvalue weighted by Crippen LogP contribution is -2.39. The molecule has 3 aromatic carbocycles. The van der Waals surface area contributed by atoms with Gasteiger partial charge in [-0.3, -0.25) is 0 Å². The predicted octanol–water partition coefficient (Wildman–Crippen LogP) is 6.53. The first-order chi connectivity index (χ1) is 16.5. The summed E-state index contributed by atoms with van der Waals surface area (Å²) < 4.78 is 5.36. The standard InChI is InChI=1S/C31H37NO3/c1-21(18-31(5,34)19-22-12-14-24(15-13-22)30(2,3)4)32(6)27-17-16-25-26(20-35-29(25)33)28(27)23-10-8-7-9-11-23/h7-17,21,34H,18-20H2,1-6H3. The summed E-state index contributed by atoms with van der Waals surface area (Å²) in [4.78, 5) is 14.4. The maximum absolute atomic E-state index is 12.2. The van der Waals surface area contributed by atoms with E-state index in [4.69, 9.17) is 4.74 Å². The van der Waals surface area contributed by atoms with Crippen LogP contribution in [-0.2, 0) is 23.2 Å². The van der Waals surface area contributed by atoms with Gasteiger partial charge in [-0.1, -0.05) is 75.4 Å². The first-order valence-corrected chi connectivity index (χ1v) is 12.4. The van der Waals surface area contributed by atoms with E-state index in [1.54, 1.807) is 0 Å². The number of rotatable bonds is 7. The Kier molecular flexibility index (Phi) is 6.79. The van der Waals surface area contributed by atoms with Gasteiger partial charge in [-0.15, -0.1) is 0 Å². The van der Waals surface area contributed by atoms with Crippen molar-refractivity contribution in [2.24, 2.45) is 0 Å². The molecule has 0 saturated heterocycles. The molecule has 1 aliphatic rings. The molecule has 0 bridgehead atoms. The van der Waals surface area contributed by atoms with E-state index in [0.29, 0.717) is 18.4 Å². The van der Waals surface area contributed by atoms with Gasteiger partial charge in [0.25, 0.3) is 0 Å². The Morgan fingerprint density at radius 1 is 0.971 bits per heavy atom. The average molecular weight is 472 g/mol. The van der Waals surface area contributed by atoms with Crippen molar-refractivity contribution in [2.75, 3.05) is 11.9 Å². The SMILES string of the molecule is CC(CC(C)(O)Cc1ccc(C(C)(C)C)cc1)N(C)c1ccc2c(c1-c1ccccc1)COC2=O. The zero-order valence-electron chi connectivity index (χ0n) is 21.8. The lowest BCUT2D eigenvalue weighted by Gasteiger charge is -2.35. The van der Waals surface area contributed by atoms with Crippen molar-refractivity contribution in [2.45, 2.75) is 71.1 Å². The van der Waals surface area contributed by atoms with E-state index >= 15 is 0 Å². The van der Waals surface area contributed by atoms with Gasteiger partial charge in [0.05, 0.1) is 11.2 Å². The lowest BCUT2D eigenvalue weighted by atomic mass is 9.85. The number of esters is 1. The molecule has 0 aromatic heterocycles. The molecule has 4 rings (SSSR count). The highest BCUT2D eigenvalue weighted by atomic mass is 16.5. The van der Waals surface area contributed by atoms with Crippen LogP contribution in [0.4, 0.5) is 5.69 Å². The summed E-state index contributed by atoms with van der Waals surface area (Å²) in [5.41, 5.74) is 6.37. The summed E-state index contributed by atoms with van der Waals surface area (Å²) >= 11 is 0. The number of ether oxygens (including phenoxy) is 1. The van der Waals surface area contributed by atoms with E-state index < -0.39 is 5.60 Å².